The predicted octanol–water partition coefficient (Wildman–Crippen LogP) is 2.68. The number of nitrogens with one attached hydrogen (secondary N) is 3. The topological polar surface area (TPSA) is 78.0 Å². The van der Waals surface area contributed by atoms with Crippen LogP contribution in [0.5, 0.6) is 0 Å². The smallest absolute Gasteiger partial charge is 0.222 e. The van der Waals surface area contributed by atoms with Crippen LogP contribution in [-0.4, -0.2) is 68.2 Å². The first-order valence-electron chi connectivity index (χ1n) is 11.2. The molecule has 0 saturated carbocycles. The zero-order valence-corrected chi connectivity index (χ0v) is 21.4. The van der Waals surface area contributed by atoms with Gasteiger partial charge in [0.05, 0.1) is 6.54 Å². The van der Waals surface area contributed by atoms with Gasteiger partial charge in [0.1, 0.15) is 0 Å². The molecule has 3 N–H and O–H groups in total. The van der Waals surface area contributed by atoms with Gasteiger partial charge in [-0.15, -0.1) is 24.0 Å². The Balaban J connectivity index is 0.00000341. The number of amides is 1. The van der Waals surface area contributed by atoms with Crippen molar-refractivity contribution in [1.82, 2.24) is 20.9 Å². The number of carbonyl (C=O) groups is 1. The lowest BCUT2D eigenvalue weighted by molar-refractivity contribution is -0.132. The molecule has 1 amide bonds. The zero-order chi connectivity index (χ0) is 21.4. The molecule has 1 aromatic carbocycles. The van der Waals surface area contributed by atoms with E-state index in [0.717, 1.165) is 45.0 Å². The van der Waals surface area contributed by atoms with Gasteiger partial charge in [-0.3, -0.25) is 9.79 Å². The SMILES string of the molecule is CCNC(=NCC1(NC(C)c2ccccc2)CCOCC1)NC1CCC(=O)N(C)C1.I. The average Bonchev–Trinajstić information content (AvgIpc) is 2.76. The Hall–Kier alpha value is -1.39. The summed E-state index contributed by atoms with van der Waals surface area (Å²) in [4.78, 5) is 18.5. The zero-order valence-electron chi connectivity index (χ0n) is 19.0. The number of aliphatic imine (C=N–C) groups is 1. The number of carbonyl (C=O) groups excluding carboxylic acids is 1. The number of rotatable bonds is 7. The van der Waals surface area contributed by atoms with Gasteiger partial charge in [0.2, 0.25) is 5.91 Å². The van der Waals surface area contributed by atoms with Crippen molar-refractivity contribution in [3.63, 3.8) is 0 Å². The van der Waals surface area contributed by atoms with Crippen molar-refractivity contribution in [2.45, 2.75) is 57.2 Å². The maximum Gasteiger partial charge on any atom is 0.222 e. The van der Waals surface area contributed by atoms with Crippen LogP contribution in [0.3, 0.4) is 0 Å². The second kappa shape index (κ2) is 12.6. The number of ether oxygens (including phenoxy) is 1. The lowest BCUT2D eigenvalue weighted by Gasteiger charge is -2.39. The molecule has 31 heavy (non-hydrogen) atoms. The molecule has 2 aliphatic heterocycles. The van der Waals surface area contributed by atoms with E-state index in [2.05, 4.69) is 60.1 Å². The summed E-state index contributed by atoms with van der Waals surface area (Å²) in [5.41, 5.74) is 1.20. The van der Waals surface area contributed by atoms with Crippen molar-refractivity contribution in [1.29, 1.82) is 0 Å². The van der Waals surface area contributed by atoms with Gasteiger partial charge >= 0.3 is 0 Å². The normalized spacial score (nSPS) is 22.4. The highest BCUT2D eigenvalue weighted by atomic mass is 127. The predicted molar refractivity (Wildman–Crippen MR) is 136 cm³/mol. The molecule has 0 aromatic heterocycles. The number of halogens is 1. The minimum atomic E-state index is -0.0881. The maximum atomic E-state index is 11.8. The number of likely N-dealkylation sites (tertiary alicyclic amines) is 1. The van der Waals surface area contributed by atoms with E-state index in [0.29, 0.717) is 19.5 Å². The van der Waals surface area contributed by atoms with Crippen molar-refractivity contribution in [3.8, 4) is 0 Å². The van der Waals surface area contributed by atoms with E-state index in [1.165, 1.54) is 5.56 Å². The summed E-state index contributed by atoms with van der Waals surface area (Å²) in [5.74, 6) is 1.04. The highest BCUT2D eigenvalue weighted by Crippen LogP contribution is 2.26. The fraction of sp³-hybridized carbons (Fsp3) is 0.652. The van der Waals surface area contributed by atoms with E-state index in [1.54, 1.807) is 4.90 Å². The van der Waals surface area contributed by atoms with Gasteiger partial charge in [0.15, 0.2) is 5.96 Å². The maximum absolute atomic E-state index is 11.8. The molecule has 2 heterocycles. The van der Waals surface area contributed by atoms with Crippen molar-refractivity contribution in [2.24, 2.45) is 4.99 Å². The quantitative estimate of drug-likeness (QED) is 0.280. The lowest BCUT2D eigenvalue weighted by Crippen LogP contribution is -2.54. The fourth-order valence-electron chi connectivity index (χ4n) is 4.27. The molecule has 0 spiro atoms. The molecule has 0 bridgehead atoms. The molecule has 2 atom stereocenters. The van der Waals surface area contributed by atoms with Gasteiger partial charge in [-0.25, -0.2) is 0 Å². The summed E-state index contributed by atoms with van der Waals surface area (Å²) >= 11 is 0. The van der Waals surface area contributed by atoms with Crippen molar-refractivity contribution in [2.75, 3.05) is 39.9 Å². The molecule has 2 unspecified atom stereocenters. The summed E-state index contributed by atoms with van der Waals surface area (Å²) in [7, 11) is 1.87. The number of benzene rings is 1. The molecule has 174 valence electrons. The second-order valence-corrected chi connectivity index (χ2v) is 8.52. The number of hydrogen-bond donors (Lipinski definition) is 3. The molecule has 7 nitrogen and oxygen atoms in total. The minimum Gasteiger partial charge on any atom is -0.381 e. The van der Waals surface area contributed by atoms with Crippen LogP contribution in [0.25, 0.3) is 0 Å². The number of guanidine groups is 1. The molecule has 0 radical (unpaired) electrons. The third-order valence-electron chi connectivity index (χ3n) is 6.12. The summed E-state index contributed by atoms with van der Waals surface area (Å²) in [6.07, 6.45) is 3.31. The van der Waals surface area contributed by atoms with Gasteiger partial charge in [-0.2, -0.15) is 0 Å². The van der Waals surface area contributed by atoms with Crippen molar-refractivity contribution >= 4 is 35.8 Å². The van der Waals surface area contributed by atoms with E-state index >= 15 is 0 Å². The summed E-state index contributed by atoms with van der Waals surface area (Å²) in [6, 6.07) is 11.0. The molecule has 8 heteroatoms. The van der Waals surface area contributed by atoms with E-state index < -0.39 is 0 Å². The molecule has 2 aliphatic rings. The van der Waals surface area contributed by atoms with Crippen LogP contribution >= 0.6 is 24.0 Å². The lowest BCUT2D eigenvalue weighted by atomic mass is 9.88. The van der Waals surface area contributed by atoms with Crippen molar-refractivity contribution < 1.29 is 9.53 Å². The van der Waals surface area contributed by atoms with Crippen LogP contribution in [0.4, 0.5) is 0 Å². The van der Waals surface area contributed by atoms with Crippen LogP contribution in [0.2, 0.25) is 0 Å². The molecule has 2 fully saturated rings. The molecule has 0 aliphatic carbocycles. The van der Waals surface area contributed by atoms with Crippen molar-refractivity contribution in [3.05, 3.63) is 35.9 Å². The minimum absolute atomic E-state index is 0. The molecular formula is C23H38IN5O2. The Bertz CT molecular complexity index is 709. The van der Waals surface area contributed by atoms with Crippen LogP contribution in [0, 0.1) is 0 Å². The molecule has 2 saturated heterocycles. The highest BCUT2D eigenvalue weighted by molar-refractivity contribution is 14.0. The van der Waals surface area contributed by atoms with Gasteiger partial charge < -0.3 is 25.6 Å². The number of hydrogen-bond acceptors (Lipinski definition) is 4. The van der Waals surface area contributed by atoms with Gasteiger partial charge in [-0.1, -0.05) is 30.3 Å². The van der Waals surface area contributed by atoms with Gasteiger partial charge in [-0.05, 0) is 38.7 Å². The largest absolute Gasteiger partial charge is 0.381 e. The summed E-state index contributed by atoms with van der Waals surface area (Å²) in [6.45, 7) is 8.00. The Kier molecular flexibility index (Phi) is 10.5. The molecule has 3 rings (SSSR count). The molecular weight excluding hydrogens is 505 g/mol. The third-order valence-corrected chi connectivity index (χ3v) is 6.12. The number of nitrogens with zero attached hydrogens (tertiary/aromatic N) is 2. The van der Waals surface area contributed by atoms with E-state index in [9.17, 15) is 4.79 Å². The van der Waals surface area contributed by atoms with Crippen LogP contribution < -0.4 is 16.0 Å². The average molecular weight is 543 g/mol. The summed E-state index contributed by atoms with van der Waals surface area (Å²) < 4.78 is 5.65. The Morgan fingerprint density at radius 2 is 2.00 bits per heavy atom. The van der Waals surface area contributed by atoms with Crippen LogP contribution in [0.15, 0.2) is 35.3 Å². The Labute approximate surface area is 203 Å². The van der Waals surface area contributed by atoms with Crippen LogP contribution in [-0.2, 0) is 9.53 Å². The highest BCUT2D eigenvalue weighted by Gasteiger charge is 2.34. The first-order chi connectivity index (χ1) is 14.5. The van der Waals surface area contributed by atoms with Gasteiger partial charge in [0, 0.05) is 57.4 Å². The monoisotopic (exact) mass is 543 g/mol. The van der Waals surface area contributed by atoms with Crippen LogP contribution in [0.1, 0.15) is 51.1 Å². The number of piperidine rings is 1. The molecule has 1 aromatic rings. The second-order valence-electron chi connectivity index (χ2n) is 8.52. The van der Waals surface area contributed by atoms with E-state index in [1.807, 2.05) is 7.05 Å². The summed E-state index contributed by atoms with van der Waals surface area (Å²) in [5, 5.41) is 10.8. The van der Waals surface area contributed by atoms with Gasteiger partial charge in [0.25, 0.3) is 0 Å². The number of likely N-dealkylation sites (N-methyl/N-ethyl adjacent to an activating group) is 1. The fourth-order valence-corrected chi connectivity index (χ4v) is 4.27. The third kappa shape index (κ3) is 7.61. The Morgan fingerprint density at radius 3 is 2.65 bits per heavy atom. The Morgan fingerprint density at radius 1 is 1.29 bits per heavy atom. The van der Waals surface area contributed by atoms with E-state index in [4.69, 9.17) is 9.73 Å². The standard InChI is InChI=1S/C23H37N5O2.HI/c1-4-24-22(26-20-10-11-21(29)28(3)16-20)25-17-23(12-14-30-15-13-23)27-18(2)19-8-6-5-7-9-19;/h5-9,18,20,27H,4,10-17H2,1-3H3,(H2,24,25,26);1H. The first kappa shape index (κ1) is 25.9. The van der Waals surface area contributed by atoms with E-state index in [-0.39, 0.29) is 47.5 Å². The first-order valence-corrected chi connectivity index (χ1v) is 11.2.